The van der Waals surface area contributed by atoms with Crippen molar-refractivity contribution >= 4 is 11.4 Å². The molecule has 2 aliphatic carbocycles. The molecule has 0 aliphatic heterocycles. The van der Waals surface area contributed by atoms with Gasteiger partial charge in [-0.25, -0.2) is 0 Å². The SMILES string of the molecule is CC(C)(C)c1ccc(OC2CCCCC2CC#COS(=O)OC#CCC2CCCCC2Oc2ccc(C(C)(C)C)cc2)cc1. The maximum atomic E-state index is 12.2. The van der Waals surface area contributed by atoms with Gasteiger partial charge in [0.1, 0.15) is 35.9 Å². The minimum Gasteiger partial charge on any atom is -0.490 e. The van der Waals surface area contributed by atoms with E-state index in [0.717, 1.165) is 62.9 Å². The lowest BCUT2D eigenvalue weighted by atomic mass is 9.84. The molecule has 0 spiro atoms. The molecule has 5 nitrogen and oxygen atoms in total. The Bertz CT molecular complexity index is 1230. The summed E-state index contributed by atoms with van der Waals surface area (Å²) in [5, 5.41) is 0. The predicted octanol–water partition coefficient (Wildman–Crippen LogP) is 9.17. The first-order chi connectivity index (χ1) is 21.0. The monoisotopic (exact) mass is 618 g/mol. The number of hydrogen-bond acceptors (Lipinski definition) is 5. The summed E-state index contributed by atoms with van der Waals surface area (Å²) in [7, 11) is 0. The van der Waals surface area contributed by atoms with Gasteiger partial charge in [0.25, 0.3) is 0 Å². The highest BCUT2D eigenvalue weighted by Crippen LogP contribution is 2.33. The van der Waals surface area contributed by atoms with E-state index in [2.05, 4.69) is 114 Å². The Morgan fingerprint density at radius 3 is 1.34 bits per heavy atom. The molecule has 0 bridgehead atoms. The van der Waals surface area contributed by atoms with Crippen LogP contribution in [0.15, 0.2) is 48.5 Å². The highest BCUT2D eigenvalue weighted by molar-refractivity contribution is 7.75. The molecule has 44 heavy (non-hydrogen) atoms. The van der Waals surface area contributed by atoms with Gasteiger partial charge in [-0.2, -0.15) is 4.21 Å². The molecule has 2 aromatic rings. The molecule has 2 saturated carbocycles. The van der Waals surface area contributed by atoms with Crippen LogP contribution in [-0.4, -0.2) is 16.4 Å². The largest absolute Gasteiger partial charge is 0.490 e. The molecular formula is C38H50O5S. The maximum absolute atomic E-state index is 12.2. The van der Waals surface area contributed by atoms with E-state index in [0.29, 0.717) is 24.7 Å². The molecule has 2 fully saturated rings. The standard InChI is InChI=1S/C38H50O5S/c1-37(2,3)31-19-23-33(24-20-31)42-35-17-9-7-13-29(35)15-11-27-40-44(39)41-28-12-16-30-14-8-10-18-36(30)43-34-25-21-32(22-26-34)38(4,5)6/h19-26,29-30,35-36H,7-10,13-18H2,1-6H3. The zero-order chi connectivity index (χ0) is 31.6. The second-order valence-corrected chi connectivity index (χ2v) is 15.0. The lowest BCUT2D eigenvalue weighted by molar-refractivity contribution is 0.0950. The molecule has 0 aromatic heterocycles. The fourth-order valence-corrected chi connectivity index (χ4v) is 6.32. The molecule has 238 valence electrons. The molecule has 6 heteroatoms. The first-order valence-electron chi connectivity index (χ1n) is 16.3. The van der Waals surface area contributed by atoms with Crippen molar-refractivity contribution in [3.63, 3.8) is 0 Å². The molecular weight excluding hydrogens is 568 g/mol. The van der Waals surface area contributed by atoms with E-state index in [4.69, 9.17) is 17.8 Å². The highest BCUT2D eigenvalue weighted by atomic mass is 32.2. The van der Waals surface area contributed by atoms with Crippen LogP contribution in [-0.2, 0) is 30.6 Å². The van der Waals surface area contributed by atoms with E-state index < -0.39 is 11.4 Å². The van der Waals surface area contributed by atoms with E-state index >= 15 is 0 Å². The molecule has 0 radical (unpaired) electrons. The normalized spacial score (nSPS) is 22.8. The Hall–Kier alpha value is -3.09. The Balaban J connectivity index is 1.20. The smallest absolute Gasteiger partial charge is 0.435 e. The summed E-state index contributed by atoms with van der Waals surface area (Å²) in [5.41, 5.74) is 2.81. The maximum Gasteiger partial charge on any atom is 0.435 e. The molecule has 0 N–H and O–H groups in total. The highest BCUT2D eigenvalue weighted by Gasteiger charge is 2.27. The topological polar surface area (TPSA) is 54.0 Å². The van der Waals surface area contributed by atoms with E-state index in [1.165, 1.54) is 11.1 Å². The zero-order valence-electron chi connectivity index (χ0n) is 27.4. The van der Waals surface area contributed by atoms with Crippen molar-refractivity contribution in [2.45, 2.75) is 129 Å². The van der Waals surface area contributed by atoms with Crippen molar-refractivity contribution < 1.29 is 22.0 Å². The van der Waals surface area contributed by atoms with E-state index in [1.54, 1.807) is 0 Å². The summed E-state index contributed by atoms with van der Waals surface area (Å²) in [5.74, 6) is 8.45. The average Bonchev–Trinajstić information content (AvgIpc) is 2.99. The summed E-state index contributed by atoms with van der Waals surface area (Å²) < 4.78 is 35.1. The quantitative estimate of drug-likeness (QED) is 0.276. The van der Waals surface area contributed by atoms with Crippen molar-refractivity contribution in [2.75, 3.05) is 0 Å². The summed E-state index contributed by atoms with van der Waals surface area (Å²) in [4.78, 5) is 0. The Morgan fingerprint density at radius 2 is 0.977 bits per heavy atom. The minimum absolute atomic E-state index is 0.113. The Labute approximate surface area is 268 Å². The van der Waals surface area contributed by atoms with Crippen LogP contribution in [0.2, 0.25) is 0 Å². The molecule has 4 unspecified atom stereocenters. The summed E-state index contributed by atoms with van der Waals surface area (Å²) in [6.45, 7) is 13.3. The molecule has 2 aliphatic rings. The van der Waals surface area contributed by atoms with Crippen LogP contribution in [0.3, 0.4) is 0 Å². The van der Waals surface area contributed by atoms with Gasteiger partial charge in [0.2, 0.25) is 0 Å². The van der Waals surface area contributed by atoms with Crippen molar-refractivity contribution in [1.29, 1.82) is 0 Å². The van der Waals surface area contributed by atoms with Crippen LogP contribution in [0.4, 0.5) is 0 Å². The summed E-state index contributed by atoms with van der Waals surface area (Å²) in [6, 6.07) is 16.8. The third-order valence-corrected chi connectivity index (χ3v) is 9.23. The van der Waals surface area contributed by atoms with E-state index in [-0.39, 0.29) is 23.0 Å². The second kappa shape index (κ2) is 15.8. The molecule has 0 heterocycles. The van der Waals surface area contributed by atoms with Gasteiger partial charge in [0, 0.05) is 24.7 Å². The molecule has 0 amide bonds. The first kappa shape index (κ1) is 33.8. The van der Waals surface area contributed by atoms with Crippen molar-refractivity contribution in [2.24, 2.45) is 11.8 Å². The van der Waals surface area contributed by atoms with Crippen LogP contribution in [0.5, 0.6) is 11.5 Å². The van der Waals surface area contributed by atoms with Crippen LogP contribution in [0.25, 0.3) is 0 Å². The van der Waals surface area contributed by atoms with Crippen LogP contribution < -0.4 is 9.47 Å². The van der Waals surface area contributed by atoms with Gasteiger partial charge in [-0.05, 0) is 84.7 Å². The molecule has 4 atom stereocenters. The predicted molar refractivity (Wildman–Crippen MR) is 178 cm³/mol. The summed E-state index contributed by atoms with van der Waals surface area (Å²) >= 11 is -2.04. The minimum atomic E-state index is -2.04. The second-order valence-electron chi connectivity index (χ2n) is 14.3. The number of hydrogen-bond donors (Lipinski definition) is 0. The third-order valence-electron chi connectivity index (χ3n) is 8.79. The van der Waals surface area contributed by atoms with Gasteiger partial charge in [-0.3, -0.25) is 0 Å². The first-order valence-corrected chi connectivity index (χ1v) is 17.3. The summed E-state index contributed by atoms with van der Waals surface area (Å²) in [6.07, 6.45) is 15.3. The van der Waals surface area contributed by atoms with E-state index in [9.17, 15) is 4.21 Å². The van der Waals surface area contributed by atoms with Gasteiger partial charge < -0.3 is 17.8 Å². The number of ether oxygens (including phenoxy) is 2. The third kappa shape index (κ3) is 10.5. The molecule has 4 rings (SSSR count). The Morgan fingerprint density at radius 1 is 0.614 bits per heavy atom. The van der Waals surface area contributed by atoms with Gasteiger partial charge in [0.15, 0.2) is 0 Å². The van der Waals surface area contributed by atoms with Gasteiger partial charge >= 0.3 is 11.4 Å². The van der Waals surface area contributed by atoms with Gasteiger partial charge in [-0.1, -0.05) is 90.5 Å². The zero-order valence-corrected chi connectivity index (χ0v) is 28.3. The van der Waals surface area contributed by atoms with Gasteiger partial charge in [-0.15, -0.1) is 0 Å². The lowest BCUT2D eigenvalue weighted by Crippen LogP contribution is -2.30. The average molecular weight is 619 g/mol. The van der Waals surface area contributed by atoms with Crippen molar-refractivity contribution in [3.05, 3.63) is 59.7 Å². The van der Waals surface area contributed by atoms with Crippen LogP contribution in [0, 0.1) is 35.9 Å². The Kier molecular flexibility index (Phi) is 12.1. The molecule has 0 saturated heterocycles. The van der Waals surface area contributed by atoms with Crippen molar-refractivity contribution in [1.82, 2.24) is 0 Å². The fraction of sp³-hybridized carbons (Fsp3) is 0.579. The number of rotatable bonds is 8. The van der Waals surface area contributed by atoms with E-state index in [1.807, 2.05) is 0 Å². The molecule has 2 aromatic carbocycles. The lowest BCUT2D eigenvalue weighted by Gasteiger charge is -2.31. The van der Waals surface area contributed by atoms with Crippen LogP contribution in [0.1, 0.15) is 117 Å². The number of benzene rings is 2. The van der Waals surface area contributed by atoms with Crippen LogP contribution >= 0.6 is 0 Å². The van der Waals surface area contributed by atoms with Gasteiger partial charge in [0.05, 0.1) is 0 Å². The fourth-order valence-electron chi connectivity index (χ4n) is 6.03. The van der Waals surface area contributed by atoms with Crippen molar-refractivity contribution in [3.8, 4) is 35.6 Å².